The summed E-state index contributed by atoms with van der Waals surface area (Å²) in [6.07, 6.45) is 0.333. The fourth-order valence-electron chi connectivity index (χ4n) is 1.36. The van der Waals surface area contributed by atoms with E-state index < -0.39 is 8.38 Å². The van der Waals surface area contributed by atoms with E-state index in [9.17, 15) is 4.79 Å². The lowest BCUT2D eigenvalue weighted by molar-refractivity contribution is 0.101. The standard InChI is InChI=1S/C13H19O3P/c1-4-15-17(16-5-2)10-13(14)12-8-6-11(3)7-9-12/h6-9H,4-5,10H2,1-3H3. The van der Waals surface area contributed by atoms with Crippen LogP contribution in [0.4, 0.5) is 0 Å². The molecule has 0 heterocycles. The molecular weight excluding hydrogens is 235 g/mol. The molecule has 0 amide bonds. The maximum Gasteiger partial charge on any atom is 0.178 e. The molecule has 0 fully saturated rings. The van der Waals surface area contributed by atoms with Crippen molar-refractivity contribution in [3.63, 3.8) is 0 Å². The SMILES string of the molecule is CCOP(CC(=O)c1ccc(C)cc1)OCC. The zero-order valence-corrected chi connectivity index (χ0v) is 11.5. The Kier molecular flexibility index (Phi) is 6.35. The predicted molar refractivity (Wildman–Crippen MR) is 70.5 cm³/mol. The average molecular weight is 254 g/mol. The van der Waals surface area contributed by atoms with Crippen molar-refractivity contribution in [3.8, 4) is 0 Å². The fourth-order valence-corrected chi connectivity index (χ4v) is 2.61. The first-order valence-electron chi connectivity index (χ1n) is 5.80. The number of Topliss-reactive ketones (excluding diaryl/α,β-unsaturated/α-hetero) is 1. The lowest BCUT2D eigenvalue weighted by Crippen LogP contribution is -2.07. The molecule has 0 spiro atoms. The molecule has 0 saturated heterocycles. The van der Waals surface area contributed by atoms with Crippen LogP contribution in [0, 0.1) is 6.92 Å². The number of carbonyl (C=O) groups is 1. The Bertz CT molecular complexity index is 342. The van der Waals surface area contributed by atoms with E-state index in [1.54, 1.807) is 0 Å². The number of benzene rings is 1. The highest BCUT2D eigenvalue weighted by atomic mass is 31.2. The zero-order valence-electron chi connectivity index (χ0n) is 10.6. The molecule has 17 heavy (non-hydrogen) atoms. The normalized spacial score (nSPS) is 10.8. The van der Waals surface area contributed by atoms with Gasteiger partial charge >= 0.3 is 0 Å². The molecule has 0 atom stereocenters. The highest BCUT2D eigenvalue weighted by Crippen LogP contribution is 2.38. The van der Waals surface area contributed by atoms with Crippen molar-refractivity contribution in [2.24, 2.45) is 0 Å². The quantitative estimate of drug-likeness (QED) is 0.551. The van der Waals surface area contributed by atoms with E-state index in [2.05, 4.69) is 0 Å². The highest BCUT2D eigenvalue weighted by molar-refractivity contribution is 7.48. The van der Waals surface area contributed by atoms with Crippen molar-refractivity contribution in [2.45, 2.75) is 20.8 Å². The van der Waals surface area contributed by atoms with Gasteiger partial charge in [0.2, 0.25) is 0 Å². The molecule has 0 bridgehead atoms. The van der Waals surface area contributed by atoms with Gasteiger partial charge in [0.1, 0.15) is 0 Å². The Labute approximate surface area is 104 Å². The Morgan fingerprint density at radius 1 is 1.12 bits per heavy atom. The van der Waals surface area contributed by atoms with Gasteiger partial charge < -0.3 is 9.05 Å². The number of hydrogen-bond acceptors (Lipinski definition) is 3. The van der Waals surface area contributed by atoms with E-state index in [-0.39, 0.29) is 5.78 Å². The summed E-state index contributed by atoms with van der Waals surface area (Å²) in [6.45, 7) is 6.97. The first-order valence-corrected chi connectivity index (χ1v) is 7.16. The average Bonchev–Trinajstić information content (AvgIpc) is 2.30. The summed E-state index contributed by atoms with van der Waals surface area (Å²) in [6, 6.07) is 7.58. The minimum Gasteiger partial charge on any atom is -0.334 e. The molecule has 0 aromatic heterocycles. The molecule has 1 rings (SSSR count). The van der Waals surface area contributed by atoms with Crippen LogP contribution in [0.15, 0.2) is 24.3 Å². The van der Waals surface area contributed by atoms with Crippen LogP contribution in [-0.4, -0.2) is 25.2 Å². The lowest BCUT2D eigenvalue weighted by Gasteiger charge is -2.14. The van der Waals surface area contributed by atoms with Gasteiger partial charge in [0, 0.05) is 5.56 Å². The maximum absolute atomic E-state index is 12.0. The van der Waals surface area contributed by atoms with Gasteiger partial charge in [-0.2, -0.15) is 0 Å². The first-order chi connectivity index (χ1) is 8.17. The number of hydrogen-bond donors (Lipinski definition) is 0. The Morgan fingerprint density at radius 3 is 2.12 bits per heavy atom. The monoisotopic (exact) mass is 254 g/mol. The summed E-state index contributed by atoms with van der Waals surface area (Å²) in [4.78, 5) is 12.0. The third kappa shape index (κ3) is 4.95. The molecular formula is C13H19O3P. The molecule has 0 saturated carbocycles. The van der Waals surface area contributed by atoms with Gasteiger partial charge in [0.15, 0.2) is 14.2 Å². The van der Waals surface area contributed by atoms with Crippen molar-refractivity contribution < 1.29 is 13.8 Å². The van der Waals surface area contributed by atoms with Gasteiger partial charge in [0.25, 0.3) is 0 Å². The Morgan fingerprint density at radius 2 is 1.65 bits per heavy atom. The molecule has 94 valence electrons. The van der Waals surface area contributed by atoms with Gasteiger partial charge in [-0.15, -0.1) is 0 Å². The third-order valence-electron chi connectivity index (χ3n) is 2.19. The second-order valence-electron chi connectivity index (χ2n) is 3.62. The predicted octanol–water partition coefficient (Wildman–Crippen LogP) is 3.56. The van der Waals surface area contributed by atoms with Crippen LogP contribution >= 0.6 is 8.38 Å². The van der Waals surface area contributed by atoms with Crippen LogP contribution in [0.1, 0.15) is 29.8 Å². The van der Waals surface area contributed by atoms with Crippen LogP contribution in [0.5, 0.6) is 0 Å². The minimum absolute atomic E-state index is 0.0815. The van der Waals surface area contributed by atoms with Crippen LogP contribution in [0.2, 0.25) is 0 Å². The molecule has 0 unspecified atom stereocenters. The Hall–Kier alpha value is -0.760. The van der Waals surface area contributed by atoms with Crippen LogP contribution in [0.3, 0.4) is 0 Å². The molecule has 0 aliphatic rings. The van der Waals surface area contributed by atoms with Gasteiger partial charge in [-0.25, -0.2) is 0 Å². The second kappa shape index (κ2) is 7.54. The molecule has 0 aliphatic carbocycles. The largest absolute Gasteiger partial charge is 0.334 e. The second-order valence-corrected chi connectivity index (χ2v) is 5.11. The summed E-state index contributed by atoms with van der Waals surface area (Å²) < 4.78 is 10.8. The fraction of sp³-hybridized carbons (Fsp3) is 0.462. The van der Waals surface area contributed by atoms with E-state index in [0.29, 0.717) is 19.4 Å². The zero-order chi connectivity index (χ0) is 12.7. The minimum atomic E-state index is -1.08. The van der Waals surface area contributed by atoms with E-state index in [4.69, 9.17) is 9.05 Å². The van der Waals surface area contributed by atoms with E-state index in [1.165, 1.54) is 0 Å². The maximum atomic E-state index is 12.0. The first kappa shape index (κ1) is 14.3. The summed E-state index contributed by atoms with van der Waals surface area (Å²) in [5.74, 6) is 0.0815. The van der Waals surface area contributed by atoms with Crippen molar-refractivity contribution in [3.05, 3.63) is 35.4 Å². The molecule has 4 heteroatoms. The molecule has 0 radical (unpaired) electrons. The van der Waals surface area contributed by atoms with Crippen molar-refractivity contribution in [1.29, 1.82) is 0 Å². The van der Waals surface area contributed by atoms with Crippen molar-refractivity contribution in [2.75, 3.05) is 19.4 Å². The van der Waals surface area contributed by atoms with Crippen molar-refractivity contribution in [1.82, 2.24) is 0 Å². The molecule has 1 aromatic rings. The number of rotatable bonds is 7. The molecule has 0 aliphatic heterocycles. The van der Waals surface area contributed by atoms with Crippen molar-refractivity contribution >= 4 is 14.2 Å². The summed E-state index contributed by atoms with van der Waals surface area (Å²) >= 11 is 0. The van der Waals surface area contributed by atoms with Gasteiger partial charge in [-0.3, -0.25) is 4.79 Å². The molecule has 3 nitrogen and oxygen atoms in total. The van der Waals surface area contributed by atoms with E-state index in [0.717, 1.165) is 11.1 Å². The smallest absolute Gasteiger partial charge is 0.178 e. The summed E-state index contributed by atoms with van der Waals surface area (Å²) in [7, 11) is -1.08. The Balaban J connectivity index is 2.60. The number of aryl methyl sites for hydroxylation is 1. The van der Waals surface area contributed by atoms with Crippen LogP contribution < -0.4 is 0 Å². The lowest BCUT2D eigenvalue weighted by atomic mass is 10.1. The molecule has 0 N–H and O–H groups in total. The summed E-state index contributed by atoms with van der Waals surface area (Å²) in [5, 5.41) is 0. The van der Waals surface area contributed by atoms with E-state index in [1.807, 2.05) is 45.0 Å². The van der Waals surface area contributed by atoms with Gasteiger partial charge in [-0.05, 0) is 20.8 Å². The van der Waals surface area contributed by atoms with Crippen LogP contribution in [-0.2, 0) is 9.05 Å². The van der Waals surface area contributed by atoms with Gasteiger partial charge in [-0.1, -0.05) is 29.8 Å². The third-order valence-corrected chi connectivity index (χ3v) is 3.83. The van der Waals surface area contributed by atoms with E-state index >= 15 is 0 Å². The van der Waals surface area contributed by atoms with Crippen LogP contribution in [0.25, 0.3) is 0 Å². The topological polar surface area (TPSA) is 35.5 Å². The summed E-state index contributed by atoms with van der Waals surface area (Å²) in [5.41, 5.74) is 1.88. The molecule has 1 aromatic carbocycles. The number of carbonyl (C=O) groups excluding carboxylic acids is 1. The van der Waals surface area contributed by atoms with Gasteiger partial charge in [0.05, 0.1) is 19.4 Å². The highest BCUT2D eigenvalue weighted by Gasteiger charge is 2.16. The number of ketones is 1.